The molecule has 1 saturated carbocycles. The molecule has 0 bridgehead atoms. The fourth-order valence-electron chi connectivity index (χ4n) is 9.55. The highest BCUT2D eigenvalue weighted by Gasteiger charge is 2.45. The molecule has 3 aliphatic heterocycles. The number of carbonyl (C=O) groups excluding carboxylic acids is 3. The molecule has 2 aromatic heterocycles. The highest BCUT2D eigenvalue weighted by atomic mass is 35.5. The summed E-state index contributed by atoms with van der Waals surface area (Å²) in [4.78, 5) is 62.5. The first-order valence-electron chi connectivity index (χ1n) is 22.0. The van der Waals surface area contributed by atoms with Crippen LogP contribution in [-0.4, -0.2) is 130 Å². The smallest absolute Gasteiger partial charge is 0.408 e. The number of benzene rings is 1. The van der Waals surface area contributed by atoms with Gasteiger partial charge in [0.2, 0.25) is 11.8 Å². The number of aromatic nitrogens is 3. The van der Waals surface area contributed by atoms with E-state index in [1.54, 1.807) is 6.33 Å². The number of aromatic amines is 1. The quantitative estimate of drug-likeness (QED) is 0.184. The number of anilines is 1. The van der Waals surface area contributed by atoms with E-state index in [-0.39, 0.29) is 23.9 Å². The zero-order chi connectivity index (χ0) is 41.6. The summed E-state index contributed by atoms with van der Waals surface area (Å²) in [6.45, 7) is 13.8. The van der Waals surface area contributed by atoms with Crippen LogP contribution < -0.4 is 21.3 Å². The van der Waals surface area contributed by atoms with E-state index >= 15 is 0 Å². The summed E-state index contributed by atoms with van der Waals surface area (Å²) in [5.74, 6) is 1.66. The first-order valence-corrected chi connectivity index (χ1v) is 22.3. The number of hydrogen-bond donors (Lipinski definition) is 4. The first kappa shape index (κ1) is 43.1. The van der Waals surface area contributed by atoms with Crippen LogP contribution in [0.3, 0.4) is 0 Å². The van der Waals surface area contributed by atoms with Crippen molar-refractivity contribution in [2.45, 2.75) is 108 Å². The predicted molar refractivity (Wildman–Crippen MR) is 231 cm³/mol. The minimum absolute atomic E-state index is 0.161. The third kappa shape index (κ3) is 11.0. The van der Waals surface area contributed by atoms with E-state index in [1.807, 2.05) is 62.2 Å². The van der Waals surface area contributed by atoms with Crippen molar-refractivity contribution in [1.82, 2.24) is 40.3 Å². The van der Waals surface area contributed by atoms with Crippen molar-refractivity contribution in [3.05, 3.63) is 53.4 Å². The number of ether oxygens (including phenoxy) is 1. The van der Waals surface area contributed by atoms with Gasteiger partial charge in [-0.2, -0.15) is 0 Å². The summed E-state index contributed by atoms with van der Waals surface area (Å²) in [5, 5.41) is 7.95. The summed E-state index contributed by atoms with van der Waals surface area (Å²) < 4.78 is 5.69. The third-order valence-electron chi connectivity index (χ3n) is 13.1. The molecule has 5 heterocycles. The molecule has 3 amide bonds. The van der Waals surface area contributed by atoms with Crippen LogP contribution in [0.2, 0.25) is 5.02 Å². The molecule has 14 nitrogen and oxygen atoms in total. The van der Waals surface area contributed by atoms with Crippen LogP contribution in [0.25, 0.3) is 11.0 Å². The second kappa shape index (κ2) is 19.2. The number of piperidine rings is 2. The topological polar surface area (TPSA) is 165 Å². The molecular weight excluding hydrogens is 768 g/mol. The number of carbonyl (C=O) groups is 3. The van der Waals surface area contributed by atoms with E-state index in [1.165, 1.54) is 19.3 Å². The van der Waals surface area contributed by atoms with Gasteiger partial charge in [-0.1, -0.05) is 43.0 Å². The Bertz CT molecular complexity index is 1850. The molecule has 2 atom stereocenters. The van der Waals surface area contributed by atoms with Gasteiger partial charge >= 0.3 is 6.09 Å². The fourth-order valence-corrected chi connectivity index (χ4v) is 9.67. The van der Waals surface area contributed by atoms with Gasteiger partial charge < -0.3 is 45.7 Å². The van der Waals surface area contributed by atoms with Crippen LogP contribution in [0.15, 0.2) is 42.9 Å². The number of likely N-dealkylation sites (tertiary alicyclic amines) is 1. The Hall–Kier alpha value is -3.98. The number of H-pyrrole nitrogens is 1. The summed E-state index contributed by atoms with van der Waals surface area (Å²) in [6.07, 6.45) is 12.1. The van der Waals surface area contributed by atoms with Crippen molar-refractivity contribution in [1.29, 1.82) is 0 Å². The van der Waals surface area contributed by atoms with Gasteiger partial charge in [-0.3, -0.25) is 9.59 Å². The lowest BCUT2D eigenvalue weighted by atomic mass is 9.83. The van der Waals surface area contributed by atoms with E-state index in [0.717, 1.165) is 100 Å². The molecule has 3 aromatic rings. The molecule has 7 rings (SSSR count). The molecule has 322 valence electrons. The van der Waals surface area contributed by atoms with Gasteiger partial charge in [-0.05, 0) is 101 Å². The Balaban J connectivity index is 0.941. The van der Waals surface area contributed by atoms with Crippen LogP contribution in [0.5, 0.6) is 0 Å². The molecular formula is C44H65ClN10O4. The van der Waals surface area contributed by atoms with E-state index in [2.05, 4.69) is 40.3 Å². The van der Waals surface area contributed by atoms with E-state index < -0.39 is 17.2 Å². The van der Waals surface area contributed by atoms with Crippen LogP contribution in [0, 0.1) is 11.8 Å². The molecule has 1 aromatic carbocycles. The largest absolute Gasteiger partial charge is 0.444 e. The second-order valence-corrected chi connectivity index (χ2v) is 18.8. The number of piperazine rings is 1. The maximum absolute atomic E-state index is 14.6. The zero-order valence-corrected chi connectivity index (χ0v) is 36.0. The SMILES string of the molecule is CC(C)(C)OC(=O)NC1(C(=O)N[C@@H](CCN2CCN(CC3CCN(C(=O)[C@H](N)C4CCCCC4)CC3)CC2)c2ccc(Cl)cc2)CCN(c2ncnc3[nH]ccc23)CC1. The minimum atomic E-state index is -1.19. The van der Waals surface area contributed by atoms with Crippen molar-refractivity contribution >= 4 is 46.4 Å². The molecule has 15 heteroatoms. The average molecular weight is 834 g/mol. The third-order valence-corrected chi connectivity index (χ3v) is 13.3. The fraction of sp³-hybridized carbons (Fsp3) is 0.659. The van der Waals surface area contributed by atoms with Gasteiger partial charge in [0.25, 0.3) is 0 Å². The number of fused-ring (bicyclic) bond motifs is 1. The maximum Gasteiger partial charge on any atom is 0.408 e. The lowest BCUT2D eigenvalue weighted by Crippen LogP contribution is -2.64. The molecule has 0 spiro atoms. The highest BCUT2D eigenvalue weighted by molar-refractivity contribution is 6.30. The number of amides is 3. The lowest BCUT2D eigenvalue weighted by Gasteiger charge is -2.42. The van der Waals surface area contributed by atoms with Gasteiger partial charge in [0.1, 0.15) is 28.9 Å². The summed E-state index contributed by atoms with van der Waals surface area (Å²) in [6, 6.07) is 8.98. The van der Waals surface area contributed by atoms with Crippen LogP contribution >= 0.6 is 11.6 Å². The number of nitrogens with zero attached hydrogens (tertiary/aromatic N) is 6. The maximum atomic E-state index is 14.6. The van der Waals surface area contributed by atoms with E-state index in [4.69, 9.17) is 22.1 Å². The number of hydrogen-bond acceptors (Lipinski definition) is 10. The molecule has 1 aliphatic carbocycles. The molecule has 0 unspecified atom stereocenters. The molecule has 3 saturated heterocycles. The minimum Gasteiger partial charge on any atom is -0.444 e. The summed E-state index contributed by atoms with van der Waals surface area (Å²) in [5.41, 5.74) is 6.28. The molecule has 0 radical (unpaired) electrons. The number of halogens is 1. The second-order valence-electron chi connectivity index (χ2n) is 18.3. The Labute approximate surface area is 354 Å². The predicted octanol–water partition coefficient (Wildman–Crippen LogP) is 5.49. The number of alkyl carbamates (subject to hydrolysis) is 1. The van der Waals surface area contributed by atoms with Crippen molar-refractivity contribution < 1.29 is 19.1 Å². The van der Waals surface area contributed by atoms with Crippen LogP contribution in [0.1, 0.15) is 96.6 Å². The number of nitrogens with one attached hydrogen (secondary N) is 3. The molecule has 59 heavy (non-hydrogen) atoms. The molecule has 5 N–H and O–H groups in total. The van der Waals surface area contributed by atoms with Gasteiger partial charge in [-0.15, -0.1) is 0 Å². The van der Waals surface area contributed by atoms with Crippen molar-refractivity contribution in [3.8, 4) is 0 Å². The monoisotopic (exact) mass is 832 g/mol. The summed E-state index contributed by atoms with van der Waals surface area (Å²) >= 11 is 6.31. The average Bonchev–Trinajstić information content (AvgIpc) is 3.72. The summed E-state index contributed by atoms with van der Waals surface area (Å²) in [7, 11) is 0. The zero-order valence-electron chi connectivity index (χ0n) is 35.3. The Morgan fingerprint density at radius 3 is 2.27 bits per heavy atom. The van der Waals surface area contributed by atoms with Crippen LogP contribution in [-0.2, 0) is 14.3 Å². The van der Waals surface area contributed by atoms with Gasteiger partial charge in [-0.25, -0.2) is 14.8 Å². The first-order chi connectivity index (χ1) is 28.4. The van der Waals surface area contributed by atoms with Gasteiger partial charge in [0, 0.05) is 76.7 Å². The van der Waals surface area contributed by atoms with E-state index in [9.17, 15) is 14.4 Å². The number of rotatable bonds is 12. The normalized spacial score (nSPS) is 21.2. The van der Waals surface area contributed by atoms with Crippen molar-refractivity contribution in [2.24, 2.45) is 17.6 Å². The molecule has 4 aliphatic rings. The van der Waals surface area contributed by atoms with Gasteiger partial charge in [0.05, 0.1) is 17.5 Å². The lowest BCUT2D eigenvalue weighted by molar-refractivity contribution is -0.135. The highest BCUT2D eigenvalue weighted by Crippen LogP contribution is 2.32. The Morgan fingerprint density at radius 2 is 1.59 bits per heavy atom. The van der Waals surface area contributed by atoms with Crippen LogP contribution in [0.4, 0.5) is 10.6 Å². The van der Waals surface area contributed by atoms with Gasteiger partial charge in [0.15, 0.2) is 0 Å². The van der Waals surface area contributed by atoms with Crippen molar-refractivity contribution in [3.63, 3.8) is 0 Å². The standard InChI is InChI=1S/C44H65ClN10O4/c1-43(2,3)59-42(58)51-44(17-23-54(24-18-44)39-35-13-19-47-38(35)48-30-49-39)41(57)50-36(32-9-11-34(45)12-10-32)16-20-52-25-27-53(28-26-52)29-31-14-21-55(22-15-31)40(56)37(46)33-7-5-4-6-8-33/h9-13,19,30-31,33,36-37H,4-8,14-18,20-29,46H2,1-3H3,(H,50,57)(H,51,58)(H,47,48,49)/t36-,37+/m0/s1. The Morgan fingerprint density at radius 1 is 0.915 bits per heavy atom. The van der Waals surface area contributed by atoms with Crippen molar-refractivity contribution in [2.75, 3.05) is 70.3 Å². The van der Waals surface area contributed by atoms with E-state index in [0.29, 0.717) is 49.2 Å². The molecule has 4 fully saturated rings. The Kier molecular flexibility index (Phi) is 14.0. The number of nitrogens with two attached hydrogens (primary N) is 1.